The Balaban J connectivity index is 1.35. The zero-order valence-corrected chi connectivity index (χ0v) is 19.5. The van der Waals surface area contributed by atoms with Crippen LogP contribution in [0.3, 0.4) is 0 Å². The molecule has 0 saturated carbocycles. The number of thioether (sulfide) groups is 1. The molecule has 1 amide bonds. The first-order valence-electron chi connectivity index (χ1n) is 11.3. The molecule has 3 aromatic carbocycles. The lowest BCUT2D eigenvalue weighted by atomic mass is 10.1. The maximum atomic E-state index is 13.3. The maximum Gasteiger partial charge on any atom is 0.237 e. The normalized spacial score (nSPS) is 15.1. The molecule has 1 aliphatic heterocycles. The van der Waals surface area contributed by atoms with E-state index in [9.17, 15) is 4.79 Å². The predicted molar refractivity (Wildman–Crippen MR) is 136 cm³/mol. The van der Waals surface area contributed by atoms with E-state index in [0.717, 1.165) is 40.1 Å². The molecule has 168 valence electrons. The summed E-state index contributed by atoms with van der Waals surface area (Å²) in [5, 5.41) is 10.8. The number of aromatic amines is 1. The molecule has 0 saturated heterocycles. The molecule has 0 spiro atoms. The third-order valence-corrected chi connectivity index (χ3v) is 7.19. The van der Waals surface area contributed by atoms with Crippen molar-refractivity contribution in [2.45, 2.75) is 24.5 Å². The van der Waals surface area contributed by atoms with E-state index in [4.69, 9.17) is 0 Å². The number of fused-ring (bicyclic) bond motifs is 2. The molecule has 1 unspecified atom stereocenters. The molecular weight excluding hydrogens is 442 g/mol. The van der Waals surface area contributed by atoms with E-state index >= 15 is 0 Å². The van der Waals surface area contributed by atoms with Crippen molar-refractivity contribution >= 4 is 34.3 Å². The molecule has 6 rings (SSSR count). The van der Waals surface area contributed by atoms with Gasteiger partial charge in [-0.2, -0.15) is 0 Å². The summed E-state index contributed by atoms with van der Waals surface area (Å²) in [4.78, 5) is 18.5. The Kier molecular flexibility index (Phi) is 5.19. The molecule has 1 atom stereocenters. The number of hydrogen-bond donors (Lipinski definition) is 1. The van der Waals surface area contributed by atoms with Crippen LogP contribution >= 0.6 is 11.8 Å². The van der Waals surface area contributed by atoms with Crippen molar-refractivity contribution in [1.29, 1.82) is 0 Å². The second-order valence-corrected chi connectivity index (χ2v) is 9.40. The van der Waals surface area contributed by atoms with Crippen LogP contribution in [0.1, 0.15) is 12.5 Å². The van der Waals surface area contributed by atoms with Gasteiger partial charge in [-0.1, -0.05) is 66.4 Å². The summed E-state index contributed by atoms with van der Waals surface area (Å²) in [6.07, 6.45) is 2.86. The number of H-pyrrole nitrogens is 1. The highest BCUT2D eigenvalue weighted by Crippen LogP contribution is 2.35. The molecule has 34 heavy (non-hydrogen) atoms. The van der Waals surface area contributed by atoms with E-state index < -0.39 is 0 Å². The maximum absolute atomic E-state index is 13.3. The molecule has 0 radical (unpaired) electrons. The fourth-order valence-electron chi connectivity index (χ4n) is 4.75. The number of nitrogens with zero attached hydrogens (tertiary/aromatic N) is 4. The average molecular weight is 466 g/mol. The standard InChI is InChI=1S/C27H23N5OS/c1-18-15-19-9-5-8-14-24(19)31(18)25(33)17-34-27-30-29-26(32(27)20-10-3-2-4-11-20)22-16-28-23-13-7-6-12-21(22)23/h2-14,16,18,28H,15,17H2,1H3. The van der Waals surface area contributed by atoms with Gasteiger partial charge in [-0.15, -0.1) is 10.2 Å². The van der Waals surface area contributed by atoms with Crippen molar-refractivity contribution in [3.05, 3.63) is 90.6 Å². The second kappa shape index (κ2) is 8.50. The van der Waals surface area contributed by atoms with E-state index in [2.05, 4.69) is 34.2 Å². The number of benzene rings is 3. The van der Waals surface area contributed by atoms with Gasteiger partial charge in [0.25, 0.3) is 0 Å². The monoisotopic (exact) mass is 465 g/mol. The molecule has 0 aliphatic carbocycles. The van der Waals surface area contributed by atoms with Gasteiger partial charge < -0.3 is 9.88 Å². The van der Waals surface area contributed by atoms with E-state index in [1.54, 1.807) is 0 Å². The first-order chi connectivity index (χ1) is 16.7. The number of anilines is 1. The van der Waals surface area contributed by atoms with Gasteiger partial charge in [0.05, 0.1) is 5.75 Å². The largest absolute Gasteiger partial charge is 0.360 e. The van der Waals surface area contributed by atoms with Gasteiger partial charge in [-0.3, -0.25) is 9.36 Å². The van der Waals surface area contributed by atoms with Crippen molar-refractivity contribution in [3.8, 4) is 17.1 Å². The summed E-state index contributed by atoms with van der Waals surface area (Å²) in [7, 11) is 0. The average Bonchev–Trinajstić information content (AvgIpc) is 3.57. The molecule has 1 N–H and O–H groups in total. The van der Waals surface area contributed by atoms with Crippen LogP contribution in [-0.4, -0.2) is 37.5 Å². The highest BCUT2D eigenvalue weighted by molar-refractivity contribution is 7.99. The van der Waals surface area contributed by atoms with Crippen molar-refractivity contribution in [2.75, 3.05) is 10.7 Å². The topological polar surface area (TPSA) is 66.8 Å². The third kappa shape index (κ3) is 3.49. The van der Waals surface area contributed by atoms with Crippen LogP contribution in [-0.2, 0) is 11.2 Å². The van der Waals surface area contributed by atoms with Crippen molar-refractivity contribution < 1.29 is 4.79 Å². The Hall–Kier alpha value is -3.84. The lowest BCUT2D eigenvalue weighted by Gasteiger charge is -2.22. The van der Waals surface area contributed by atoms with E-state index in [1.165, 1.54) is 17.3 Å². The Morgan fingerprint density at radius 1 is 1.00 bits per heavy atom. The fraction of sp³-hybridized carbons (Fsp3) is 0.148. The number of carbonyl (C=O) groups excluding carboxylic acids is 1. The molecule has 0 fully saturated rings. The van der Waals surface area contributed by atoms with Crippen molar-refractivity contribution in [1.82, 2.24) is 19.7 Å². The minimum atomic E-state index is 0.0821. The molecule has 3 heterocycles. The Labute approximate surface area is 201 Å². The van der Waals surface area contributed by atoms with E-state index in [1.807, 2.05) is 82.4 Å². The fourth-order valence-corrected chi connectivity index (χ4v) is 5.56. The summed E-state index contributed by atoms with van der Waals surface area (Å²) in [5.41, 5.74) is 5.23. The van der Waals surface area contributed by atoms with Crippen LogP contribution < -0.4 is 4.90 Å². The van der Waals surface area contributed by atoms with Gasteiger partial charge in [0, 0.05) is 40.1 Å². The van der Waals surface area contributed by atoms with Gasteiger partial charge >= 0.3 is 0 Å². The predicted octanol–water partition coefficient (Wildman–Crippen LogP) is 5.49. The molecule has 1 aliphatic rings. The Bertz CT molecular complexity index is 1490. The van der Waals surface area contributed by atoms with Crippen molar-refractivity contribution in [3.63, 3.8) is 0 Å². The zero-order chi connectivity index (χ0) is 23.1. The molecular formula is C27H23N5OS. The highest BCUT2D eigenvalue weighted by Gasteiger charge is 2.31. The van der Waals surface area contributed by atoms with E-state index in [0.29, 0.717) is 5.16 Å². The number of amides is 1. The number of para-hydroxylation sites is 3. The van der Waals surface area contributed by atoms with Crippen LogP contribution in [0.25, 0.3) is 28.0 Å². The molecule has 2 aromatic heterocycles. The van der Waals surface area contributed by atoms with Gasteiger partial charge in [-0.05, 0) is 43.2 Å². The first-order valence-corrected chi connectivity index (χ1v) is 12.3. The smallest absolute Gasteiger partial charge is 0.237 e. The zero-order valence-electron chi connectivity index (χ0n) is 18.7. The van der Waals surface area contributed by atoms with Gasteiger partial charge in [-0.25, -0.2) is 0 Å². The quantitative estimate of drug-likeness (QED) is 0.349. The van der Waals surface area contributed by atoms with Crippen molar-refractivity contribution in [2.24, 2.45) is 0 Å². The number of rotatable bonds is 5. The number of hydrogen-bond acceptors (Lipinski definition) is 4. The summed E-state index contributed by atoms with van der Waals surface area (Å²) >= 11 is 1.42. The lowest BCUT2D eigenvalue weighted by Crippen LogP contribution is -2.37. The first kappa shape index (κ1) is 20.7. The second-order valence-electron chi connectivity index (χ2n) is 8.46. The summed E-state index contributed by atoms with van der Waals surface area (Å²) < 4.78 is 2.04. The van der Waals surface area contributed by atoms with E-state index in [-0.39, 0.29) is 17.7 Å². The van der Waals surface area contributed by atoms with Crippen LogP contribution in [0.5, 0.6) is 0 Å². The Morgan fingerprint density at radius 2 is 1.76 bits per heavy atom. The van der Waals surface area contributed by atoms with Gasteiger partial charge in [0.15, 0.2) is 11.0 Å². The number of carbonyl (C=O) groups is 1. The summed E-state index contributed by atoms with van der Waals surface area (Å²) in [6, 6.07) is 26.5. The van der Waals surface area contributed by atoms with Gasteiger partial charge in [0.2, 0.25) is 5.91 Å². The lowest BCUT2D eigenvalue weighted by molar-refractivity contribution is -0.116. The summed E-state index contributed by atoms with van der Waals surface area (Å²) in [6.45, 7) is 2.10. The van der Waals surface area contributed by atoms with Crippen LogP contribution in [0.4, 0.5) is 5.69 Å². The minimum Gasteiger partial charge on any atom is -0.360 e. The molecule has 0 bridgehead atoms. The SMILES string of the molecule is CC1Cc2ccccc2N1C(=O)CSc1nnc(-c2c[nH]c3ccccc23)n1-c1ccccc1. The molecule has 7 heteroatoms. The van der Waals surface area contributed by atoms with Gasteiger partial charge in [0.1, 0.15) is 0 Å². The molecule has 6 nitrogen and oxygen atoms in total. The molecule has 5 aromatic rings. The summed E-state index contributed by atoms with van der Waals surface area (Å²) in [5.74, 6) is 1.12. The number of aromatic nitrogens is 4. The Morgan fingerprint density at radius 3 is 2.65 bits per heavy atom. The minimum absolute atomic E-state index is 0.0821. The van der Waals surface area contributed by atoms with Crippen LogP contribution in [0.2, 0.25) is 0 Å². The van der Waals surface area contributed by atoms with Crippen LogP contribution in [0.15, 0.2) is 90.2 Å². The highest BCUT2D eigenvalue weighted by atomic mass is 32.2. The third-order valence-electron chi connectivity index (χ3n) is 6.28. The number of nitrogens with one attached hydrogen (secondary N) is 1. The van der Waals surface area contributed by atoms with Crippen LogP contribution in [0, 0.1) is 0 Å².